The molecule has 1 amide bonds. The second-order valence-electron chi connectivity index (χ2n) is 8.28. The molecule has 0 saturated carbocycles. The molecule has 2 aromatic rings. The summed E-state index contributed by atoms with van der Waals surface area (Å²) >= 11 is 0. The van der Waals surface area contributed by atoms with E-state index in [0.717, 1.165) is 42.4 Å². The van der Waals surface area contributed by atoms with Gasteiger partial charge in [0.1, 0.15) is 11.3 Å². The lowest BCUT2D eigenvalue weighted by Crippen LogP contribution is -2.58. The van der Waals surface area contributed by atoms with Gasteiger partial charge in [0.05, 0.1) is 11.5 Å². The summed E-state index contributed by atoms with van der Waals surface area (Å²) < 4.78 is 11.3. The third-order valence-electron chi connectivity index (χ3n) is 6.23. The van der Waals surface area contributed by atoms with E-state index in [4.69, 9.17) is 9.15 Å². The molecule has 0 radical (unpaired) electrons. The molecule has 1 N–H and O–H groups in total. The molecule has 0 bridgehead atoms. The van der Waals surface area contributed by atoms with E-state index in [0.29, 0.717) is 36.0 Å². The maximum absolute atomic E-state index is 12.7. The van der Waals surface area contributed by atoms with Crippen molar-refractivity contribution in [3.8, 4) is 5.75 Å². The summed E-state index contributed by atoms with van der Waals surface area (Å²) in [4.78, 5) is 28.8. The van der Waals surface area contributed by atoms with Crippen molar-refractivity contribution in [1.29, 1.82) is 0 Å². The van der Waals surface area contributed by atoms with Crippen molar-refractivity contribution in [2.75, 3.05) is 32.8 Å². The van der Waals surface area contributed by atoms with Gasteiger partial charge in [-0.3, -0.25) is 9.69 Å². The summed E-state index contributed by atoms with van der Waals surface area (Å²) in [6.45, 7) is 8.38. The summed E-state index contributed by atoms with van der Waals surface area (Å²) in [5, 5.41) is 10.2. The van der Waals surface area contributed by atoms with Crippen LogP contribution in [0.1, 0.15) is 29.5 Å². The van der Waals surface area contributed by atoms with E-state index in [1.807, 2.05) is 30.9 Å². The van der Waals surface area contributed by atoms with Gasteiger partial charge in [-0.1, -0.05) is 0 Å². The van der Waals surface area contributed by atoms with Gasteiger partial charge in [0, 0.05) is 37.8 Å². The zero-order chi connectivity index (χ0) is 20.7. The van der Waals surface area contributed by atoms with E-state index in [9.17, 15) is 14.7 Å². The molecule has 1 aromatic heterocycles. The standard InChI is InChI=1S/C22H28N2O5/c1-13-8-18(21-14(2)15(3)22(27)29-19(21)9-13)28-12-20(26)23-6-4-16(5-7-23)24-10-17(25)11-24/h8-9,16-17,25H,4-7,10-12H2,1-3H3. The number of fused-ring (bicyclic) bond motifs is 1. The van der Waals surface area contributed by atoms with Crippen LogP contribution < -0.4 is 10.4 Å². The maximum Gasteiger partial charge on any atom is 0.339 e. The largest absolute Gasteiger partial charge is 0.483 e. The number of hydrogen-bond acceptors (Lipinski definition) is 6. The van der Waals surface area contributed by atoms with Crippen LogP contribution in [-0.4, -0.2) is 65.7 Å². The van der Waals surface area contributed by atoms with Crippen LogP contribution in [0.15, 0.2) is 21.3 Å². The number of aryl methyl sites for hydroxylation is 2. The van der Waals surface area contributed by atoms with Crippen LogP contribution in [0, 0.1) is 20.8 Å². The van der Waals surface area contributed by atoms with Crippen molar-refractivity contribution < 1.29 is 19.1 Å². The molecule has 156 valence electrons. The molecule has 7 heteroatoms. The molecule has 0 spiro atoms. The Labute approximate surface area is 169 Å². The molecule has 29 heavy (non-hydrogen) atoms. The smallest absolute Gasteiger partial charge is 0.339 e. The van der Waals surface area contributed by atoms with Gasteiger partial charge in [-0.2, -0.15) is 0 Å². The zero-order valence-electron chi connectivity index (χ0n) is 17.2. The number of carbonyl (C=O) groups excluding carboxylic acids is 1. The minimum absolute atomic E-state index is 0.0338. The fraction of sp³-hybridized carbons (Fsp3) is 0.545. The van der Waals surface area contributed by atoms with Crippen LogP contribution in [0.2, 0.25) is 0 Å². The number of ether oxygens (including phenoxy) is 1. The number of piperidine rings is 1. The van der Waals surface area contributed by atoms with Crippen LogP contribution in [0.4, 0.5) is 0 Å². The van der Waals surface area contributed by atoms with Crippen molar-refractivity contribution in [1.82, 2.24) is 9.80 Å². The minimum Gasteiger partial charge on any atom is -0.483 e. The Balaban J connectivity index is 1.43. The molecule has 2 aliphatic rings. The maximum atomic E-state index is 12.7. The summed E-state index contributed by atoms with van der Waals surface area (Å²) in [5.41, 5.74) is 2.41. The minimum atomic E-state index is -0.347. The first kappa shape index (κ1) is 19.9. The van der Waals surface area contributed by atoms with Gasteiger partial charge in [-0.25, -0.2) is 4.79 Å². The molecular weight excluding hydrogens is 372 g/mol. The molecule has 0 unspecified atom stereocenters. The second kappa shape index (κ2) is 7.80. The molecule has 4 rings (SSSR count). The molecule has 0 aliphatic carbocycles. The topological polar surface area (TPSA) is 83.2 Å². The van der Waals surface area contributed by atoms with Crippen LogP contribution in [-0.2, 0) is 4.79 Å². The van der Waals surface area contributed by atoms with Crippen LogP contribution in [0.3, 0.4) is 0 Å². The number of amides is 1. The number of aliphatic hydroxyl groups is 1. The molecule has 0 atom stereocenters. The Morgan fingerprint density at radius 2 is 1.86 bits per heavy atom. The Hall–Kier alpha value is -2.38. The van der Waals surface area contributed by atoms with Crippen molar-refractivity contribution in [2.24, 2.45) is 0 Å². The lowest BCUT2D eigenvalue weighted by molar-refractivity contribution is -0.135. The third kappa shape index (κ3) is 3.89. The summed E-state index contributed by atoms with van der Waals surface area (Å²) in [7, 11) is 0. The Morgan fingerprint density at radius 1 is 1.17 bits per heavy atom. The van der Waals surface area contributed by atoms with Crippen molar-refractivity contribution >= 4 is 16.9 Å². The fourth-order valence-electron chi connectivity index (χ4n) is 4.30. The molecule has 2 fully saturated rings. The normalized spacial score (nSPS) is 18.8. The average molecular weight is 400 g/mol. The quantitative estimate of drug-likeness (QED) is 0.788. The van der Waals surface area contributed by atoms with Gasteiger partial charge in [0.25, 0.3) is 5.91 Å². The second-order valence-corrected chi connectivity index (χ2v) is 8.28. The SMILES string of the molecule is Cc1cc(OCC(=O)N2CCC(N3CC(O)C3)CC2)c2c(C)c(C)c(=O)oc2c1. The number of nitrogens with zero attached hydrogens (tertiary/aromatic N) is 2. The summed E-state index contributed by atoms with van der Waals surface area (Å²) in [6, 6.07) is 4.15. The van der Waals surface area contributed by atoms with Crippen LogP contribution in [0.5, 0.6) is 5.75 Å². The number of β-amino-alcohol motifs (C(OH)–C–C–N with tert-alkyl or cyclic N) is 1. The van der Waals surface area contributed by atoms with E-state index in [1.54, 1.807) is 6.92 Å². The van der Waals surface area contributed by atoms with Gasteiger partial charge in [0.2, 0.25) is 0 Å². The van der Waals surface area contributed by atoms with E-state index in [-0.39, 0.29) is 24.2 Å². The van der Waals surface area contributed by atoms with Crippen molar-refractivity contribution in [3.63, 3.8) is 0 Å². The van der Waals surface area contributed by atoms with E-state index in [1.165, 1.54) is 0 Å². The number of hydrogen-bond donors (Lipinski definition) is 1. The summed E-state index contributed by atoms with van der Waals surface area (Å²) in [6.07, 6.45) is 1.66. The molecule has 3 heterocycles. The number of carbonyl (C=O) groups is 1. The van der Waals surface area contributed by atoms with Crippen molar-refractivity contribution in [2.45, 2.75) is 45.8 Å². The van der Waals surface area contributed by atoms with E-state index >= 15 is 0 Å². The lowest BCUT2D eigenvalue weighted by Gasteiger charge is -2.45. The highest BCUT2D eigenvalue weighted by molar-refractivity contribution is 5.88. The van der Waals surface area contributed by atoms with E-state index < -0.39 is 0 Å². The zero-order valence-corrected chi connectivity index (χ0v) is 17.2. The highest BCUT2D eigenvalue weighted by atomic mass is 16.5. The predicted molar refractivity (Wildman–Crippen MR) is 109 cm³/mol. The van der Waals surface area contributed by atoms with Crippen LogP contribution in [0.25, 0.3) is 11.0 Å². The molecular formula is C22H28N2O5. The first-order valence-corrected chi connectivity index (χ1v) is 10.2. The first-order chi connectivity index (χ1) is 13.8. The van der Waals surface area contributed by atoms with Crippen molar-refractivity contribution in [3.05, 3.63) is 39.2 Å². The monoisotopic (exact) mass is 400 g/mol. The van der Waals surface area contributed by atoms with Gasteiger partial charge in [-0.15, -0.1) is 0 Å². The summed E-state index contributed by atoms with van der Waals surface area (Å²) in [5.74, 6) is 0.538. The predicted octanol–water partition coefficient (Wildman–Crippen LogP) is 1.76. The highest BCUT2D eigenvalue weighted by Crippen LogP contribution is 2.31. The first-order valence-electron chi connectivity index (χ1n) is 10.2. The van der Waals surface area contributed by atoms with Gasteiger partial charge < -0.3 is 19.2 Å². The Morgan fingerprint density at radius 3 is 2.52 bits per heavy atom. The molecule has 7 nitrogen and oxygen atoms in total. The average Bonchev–Trinajstić information content (AvgIpc) is 2.67. The number of likely N-dealkylation sites (tertiary alicyclic amines) is 2. The molecule has 2 aliphatic heterocycles. The molecule has 1 aromatic carbocycles. The number of aliphatic hydroxyl groups excluding tert-OH is 1. The highest BCUT2D eigenvalue weighted by Gasteiger charge is 2.33. The lowest BCUT2D eigenvalue weighted by atomic mass is 9.98. The van der Waals surface area contributed by atoms with Gasteiger partial charge in [-0.05, 0) is 56.9 Å². The molecule has 2 saturated heterocycles. The number of benzene rings is 1. The number of rotatable bonds is 4. The van der Waals surface area contributed by atoms with Gasteiger partial charge in [0.15, 0.2) is 6.61 Å². The van der Waals surface area contributed by atoms with Gasteiger partial charge >= 0.3 is 5.63 Å². The third-order valence-corrected chi connectivity index (χ3v) is 6.23. The fourth-order valence-corrected chi connectivity index (χ4v) is 4.30. The van der Waals surface area contributed by atoms with E-state index in [2.05, 4.69) is 4.90 Å². The Kier molecular flexibility index (Phi) is 5.36. The van der Waals surface area contributed by atoms with Crippen LogP contribution >= 0.6 is 0 Å². The Bertz CT molecular complexity index is 985.